The molecule has 7 heteroatoms. The van der Waals surface area contributed by atoms with Crippen LogP contribution in [-0.2, 0) is 14.3 Å². The van der Waals surface area contributed by atoms with Gasteiger partial charge in [-0.1, -0.05) is 41.9 Å². The number of esters is 2. The Bertz CT molecular complexity index is 936. The van der Waals surface area contributed by atoms with Gasteiger partial charge in [-0.15, -0.1) is 0 Å². The Morgan fingerprint density at radius 3 is 2.41 bits per heavy atom. The second-order valence-electron chi connectivity index (χ2n) is 5.56. The summed E-state index contributed by atoms with van der Waals surface area (Å²) in [4.78, 5) is 24.0. The summed E-state index contributed by atoms with van der Waals surface area (Å²) in [6.07, 6.45) is 1.58. The molecule has 0 spiro atoms. The highest BCUT2D eigenvalue weighted by Gasteiger charge is 2.21. The summed E-state index contributed by atoms with van der Waals surface area (Å²) in [6.45, 7) is 1.45. The number of para-hydroxylation sites is 1. The third-order valence-corrected chi connectivity index (χ3v) is 3.95. The molecule has 6 nitrogen and oxygen atoms in total. The molecule has 0 atom stereocenters. The molecule has 2 aromatic carbocycles. The summed E-state index contributed by atoms with van der Waals surface area (Å²) >= 11 is 5.95. The van der Waals surface area contributed by atoms with Gasteiger partial charge < -0.3 is 9.47 Å². The minimum absolute atomic E-state index is 0.221. The topological polar surface area (TPSA) is 70.4 Å². The van der Waals surface area contributed by atoms with Crippen LogP contribution in [0.15, 0.2) is 60.8 Å². The Morgan fingerprint density at radius 2 is 1.74 bits per heavy atom. The van der Waals surface area contributed by atoms with Gasteiger partial charge in [0, 0.05) is 16.8 Å². The van der Waals surface area contributed by atoms with E-state index in [9.17, 15) is 9.59 Å². The molecule has 1 aromatic heterocycles. The molecule has 0 unspecified atom stereocenters. The maximum absolute atomic E-state index is 12.5. The number of halogens is 1. The van der Waals surface area contributed by atoms with Gasteiger partial charge in [-0.05, 0) is 31.2 Å². The molecule has 0 fully saturated rings. The molecule has 27 heavy (non-hydrogen) atoms. The molecular formula is C20H17ClN2O4. The Hall–Kier alpha value is -3.12. The lowest BCUT2D eigenvalue weighted by Crippen LogP contribution is -2.16. The summed E-state index contributed by atoms with van der Waals surface area (Å²) in [7, 11) is 0. The lowest BCUT2D eigenvalue weighted by molar-refractivity contribution is -0.146. The van der Waals surface area contributed by atoms with Gasteiger partial charge in [0.15, 0.2) is 6.61 Å². The smallest absolute Gasteiger partial charge is 0.344 e. The van der Waals surface area contributed by atoms with Crippen molar-refractivity contribution in [2.45, 2.75) is 6.92 Å². The van der Waals surface area contributed by atoms with E-state index < -0.39 is 18.5 Å². The first kappa shape index (κ1) is 18.7. The number of benzene rings is 2. The number of nitrogens with zero attached hydrogens (tertiary/aromatic N) is 2. The van der Waals surface area contributed by atoms with Gasteiger partial charge in [-0.2, -0.15) is 5.10 Å². The SMILES string of the molecule is CCOC(=O)COC(=O)c1cn(-c2ccccc2)nc1-c1ccc(Cl)cc1. The van der Waals surface area contributed by atoms with Crippen molar-refractivity contribution in [3.05, 3.63) is 71.4 Å². The van der Waals surface area contributed by atoms with Crippen LogP contribution in [0.1, 0.15) is 17.3 Å². The Kier molecular flexibility index (Phi) is 5.88. The van der Waals surface area contributed by atoms with Crippen molar-refractivity contribution in [3.63, 3.8) is 0 Å². The maximum atomic E-state index is 12.5. The Labute approximate surface area is 161 Å². The molecule has 0 bridgehead atoms. The summed E-state index contributed by atoms with van der Waals surface area (Å²) in [5, 5.41) is 5.10. The molecule has 0 aliphatic carbocycles. The first-order valence-corrected chi connectivity index (χ1v) is 8.70. The van der Waals surface area contributed by atoms with E-state index in [2.05, 4.69) is 5.10 Å². The van der Waals surface area contributed by atoms with Crippen LogP contribution in [0.4, 0.5) is 0 Å². The predicted molar refractivity (Wildman–Crippen MR) is 101 cm³/mol. The molecule has 1 heterocycles. The predicted octanol–water partition coefficient (Wildman–Crippen LogP) is 3.91. The fraction of sp³-hybridized carbons (Fsp3) is 0.150. The van der Waals surface area contributed by atoms with Crippen LogP contribution in [0.2, 0.25) is 5.02 Å². The second kappa shape index (κ2) is 8.51. The zero-order chi connectivity index (χ0) is 19.2. The van der Waals surface area contributed by atoms with Crippen molar-refractivity contribution in [3.8, 4) is 16.9 Å². The van der Waals surface area contributed by atoms with E-state index in [-0.39, 0.29) is 12.2 Å². The Balaban J connectivity index is 1.95. The zero-order valence-corrected chi connectivity index (χ0v) is 15.3. The monoisotopic (exact) mass is 384 g/mol. The second-order valence-corrected chi connectivity index (χ2v) is 6.00. The summed E-state index contributed by atoms with van der Waals surface area (Å²) in [5.41, 5.74) is 2.17. The van der Waals surface area contributed by atoms with Crippen LogP contribution < -0.4 is 0 Å². The standard InChI is InChI=1S/C20H17ClN2O4/c1-2-26-18(24)13-27-20(25)17-12-23(16-6-4-3-5-7-16)22-19(17)14-8-10-15(21)11-9-14/h3-12H,2,13H2,1H3. The van der Waals surface area contributed by atoms with Crippen LogP contribution in [-0.4, -0.2) is 34.9 Å². The molecule has 0 saturated carbocycles. The average Bonchev–Trinajstić information content (AvgIpc) is 3.13. The lowest BCUT2D eigenvalue weighted by atomic mass is 10.1. The molecule has 0 saturated heterocycles. The normalized spacial score (nSPS) is 10.4. The number of ether oxygens (including phenoxy) is 2. The quantitative estimate of drug-likeness (QED) is 0.602. The number of aromatic nitrogens is 2. The van der Waals surface area contributed by atoms with Crippen molar-refractivity contribution in [1.82, 2.24) is 9.78 Å². The van der Waals surface area contributed by atoms with E-state index in [4.69, 9.17) is 21.1 Å². The van der Waals surface area contributed by atoms with Crippen LogP contribution in [0.5, 0.6) is 0 Å². The molecule has 0 amide bonds. The molecule has 3 aromatic rings. The van der Waals surface area contributed by atoms with E-state index in [0.717, 1.165) is 5.69 Å². The van der Waals surface area contributed by atoms with E-state index >= 15 is 0 Å². The molecule has 138 valence electrons. The summed E-state index contributed by atoms with van der Waals surface area (Å²) < 4.78 is 11.5. The van der Waals surface area contributed by atoms with Crippen LogP contribution in [0.25, 0.3) is 16.9 Å². The fourth-order valence-corrected chi connectivity index (χ4v) is 2.59. The fourth-order valence-electron chi connectivity index (χ4n) is 2.46. The van der Waals surface area contributed by atoms with Crippen LogP contribution in [0.3, 0.4) is 0 Å². The van der Waals surface area contributed by atoms with E-state index in [1.165, 1.54) is 0 Å². The molecule has 3 rings (SSSR count). The third kappa shape index (κ3) is 4.54. The van der Waals surface area contributed by atoms with Crippen LogP contribution in [0, 0.1) is 0 Å². The van der Waals surface area contributed by atoms with E-state index in [1.54, 1.807) is 42.1 Å². The zero-order valence-electron chi connectivity index (χ0n) is 14.6. The number of carbonyl (C=O) groups excluding carboxylic acids is 2. The van der Waals surface area contributed by atoms with Crippen molar-refractivity contribution >= 4 is 23.5 Å². The minimum Gasteiger partial charge on any atom is -0.463 e. The Morgan fingerprint density at radius 1 is 1.04 bits per heavy atom. The van der Waals surface area contributed by atoms with Gasteiger partial charge in [0.25, 0.3) is 0 Å². The van der Waals surface area contributed by atoms with Crippen LogP contribution >= 0.6 is 11.6 Å². The molecular weight excluding hydrogens is 368 g/mol. The van der Waals surface area contributed by atoms with Gasteiger partial charge in [0.1, 0.15) is 11.3 Å². The summed E-state index contributed by atoms with van der Waals surface area (Å²) in [6, 6.07) is 16.3. The highest BCUT2D eigenvalue weighted by Crippen LogP contribution is 2.26. The average molecular weight is 385 g/mol. The highest BCUT2D eigenvalue weighted by molar-refractivity contribution is 6.30. The number of carbonyl (C=O) groups is 2. The minimum atomic E-state index is -0.657. The van der Waals surface area contributed by atoms with E-state index in [1.807, 2.05) is 30.3 Å². The van der Waals surface area contributed by atoms with Crippen molar-refractivity contribution in [2.75, 3.05) is 13.2 Å². The number of hydrogen-bond donors (Lipinski definition) is 0. The largest absolute Gasteiger partial charge is 0.463 e. The van der Waals surface area contributed by atoms with E-state index in [0.29, 0.717) is 16.3 Å². The van der Waals surface area contributed by atoms with Gasteiger partial charge >= 0.3 is 11.9 Å². The molecule has 0 radical (unpaired) electrons. The molecule has 0 aliphatic heterocycles. The van der Waals surface area contributed by atoms with Gasteiger partial charge in [-0.3, -0.25) is 0 Å². The summed E-state index contributed by atoms with van der Waals surface area (Å²) in [5.74, 6) is -1.26. The van der Waals surface area contributed by atoms with Crippen molar-refractivity contribution < 1.29 is 19.1 Å². The lowest BCUT2D eigenvalue weighted by Gasteiger charge is -2.05. The van der Waals surface area contributed by atoms with Crippen molar-refractivity contribution in [2.24, 2.45) is 0 Å². The first-order chi connectivity index (χ1) is 13.1. The van der Waals surface area contributed by atoms with Gasteiger partial charge in [-0.25, -0.2) is 14.3 Å². The molecule has 0 N–H and O–H groups in total. The molecule has 0 aliphatic rings. The van der Waals surface area contributed by atoms with Gasteiger partial charge in [0.05, 0.1) is 12.3 Å². The maximum Gasteiger partial charge on any atom is 0.344 e. The number of rotatable bonds is 6. The number of hydrogen-bond acceptors (Lipinski definition) is 5. The van der Waals surface area contributed by atoms with Crippen molar-refractivity contribution in [1.29, 1.82) is 0 Å². The first-order valence-electron chi connectivity index (χ1n) is 8.32. The van der Waals surface area contributed by atoms with Gasteiger partial charge in [0.2, 0.25) is 0 Å². The highest BCUT2D eigenvalue weighted by atomic mass is 35.5. The third-order valence-electron chi connectivity index (χ3n) is 3.70.